The summed E-state index contributed by atoms with van der Waals surface area (Å²) in [6.45, 7) is 17.6. The number of methoxy groups -OCH3 is 1. The molecule has 15 nitrogen and oxygen atoms in total. The number of carbonyl (C=O) groups excluding carboxylic acids is 7. The molecule has 3 N–H and O–H groups in total. The van der Waals surface area contributed by atoms with Crippen molar-refractivity contribution in [2.24, 2.45) is 0 Å². The van der Waals surface area contributed by atoms with Crippen molar-refractivity contribution < 1.29 is 57.8 Å². The Hall–Kier alpha value is -6.61. The Balaban J connectivity index is 0.000000264. The van der Waals surface area contributed by atoms with Gasteiger partial charge in [0.15, 0.2) is 0 Å². The van der Waals surface area contributed by atoms with Gasteiger partial charge in [0.1, 0.15) is 23.2 Å². The van der Waals surface area contributed by atoms with Crippen LogP contribution in [0.5, 0.6) is 5.75 Å². The van der Waals surface area contributed by atoms with Crippen molar-refractivity contribution in [3.63, 3.8) is 0 Å². The number of aryl methyl sites for hydroxylation is 3. The molecule has 2 fully saturated rings. The average Bonchev–Trinajstić information content (AvgIpc) is 3.93. The van der Waals surface area contributed by atoms with Crippen LogP contribution in [0, 0.1) is 13.8 Å². The van der Waals surface area contributed by atoms with E-state index in [0.717, 1.165) is 24.3 Å². The van der Waals surface area contributed by atoms with Gasteiger partial charge in [-0.25, -0.2) is 4.79 Å². The molecule has 4 aromatic carbocycles. The van der Waals surface area contributed by atoms with Crippen molar-refractivity contribution in [3.8, 4) is 17.0 Å². The average molecular weight is 1140 g/mol. The van der Waals surface area contributed by atoms with Gasteiger partial charge >= 0.3 is 31.5 Å². The predicted octanol–water partition coefficient (Wildman–Crippen LogP) is 12.1. The van der Waals surface area contributed by atoms with Crippen LogP contribution in [0.2, 0.25) is 0 Å². The topological polar surface area (TPSA) is 210 Å². The summed E-state index contributed by atoms with van der Waals surface area (Å²) in [5.41, 5.74) is 9.85. The molecule has 0 bridgehead atoms. The number of benzene rings is 4. The molecule has 0 spiro atoms. The van der Waals surface area contributed by atoms with Crippen molar-refractivity contribution >= 4 is 81.0 Å². The van der Waals surface area contributed by atoms with Crippen LogP contribution in [0.25, 0.3) is 33.1 Å². The number of fused-ring (bicyclic) bond motifs is 2. The Morgan fingerprint density at radius 1 is 0.705 bits per heavy atom. The van der Waals surface area contributed by atoms with Crippen LogP contribution in [0.15, 0.2) is 89.5 Å². The minimum absolute atomic E-state index is 0.112. The number of hydrogen-bond donors (Lipinski definition) is 3. The van der Waals surface area contributed by atoms with E-state index < -0.39 is 18.3 Å². The highest BCUT2D eigenvalue weighted by atomic mass is 79.9. The van der Waals surface area contributed by atoms with E-state index in [0.29, 0.717) is 43.2 Å². The van der Waals surface area contributed by atoms with Crippen molar-refractivity contribution in [2.45, 2.75) is 169 Å². The third kappa shape index (κ3) is 18.8. The molecule has 17 heteroatoms. The van der Waals surface area contributed by atoms with E-state index in [1.165, 1.54) is 131 Å². The molecule has 6 aromatic rings. The number of alkyl carbamates (subject to hydrolysis) is 1. The van der Waals surface area contributed by atoms with E-state index in [-0.39, 0.29) is 29.8 Å². The summed E-state index contributed by atoms with van der Waals surface area (Å²) in [7, 11) is 0.164. The van der Waals surface area contributed by atoms with Gasteiger partial charge in [-0.15, -0.1) is 0 Å². The molecule has 2 heterocycles. The second-order valence-electron chi connectivity index (χ2n) is 21.6. The highest BCUT2D eigenvalue weighted by Gasteiger charge is 2.29. The third-order valence-electron chi connectivity index (χ3n) is 13.4. The third-order valence-corrected chi connectivity index (χ3v) is 14.3. The molecule has 1 amide bonds. The van der Waals surface area contributed by atoms with Gasteiger partial charge in [0.2, 0.25) is 0 Å². The number of halogens is 1. The lowest BCUT2D eigenvalue weighted by Gasteiger charge is -2.24. The molecule has 0 atom stereocenters. The molecule has 2 aromatic heterocycles. The van der Waals surface area contributed by atoms with Crippen molar-refractivity contribution in [1.82, 2.24) is 14.5 Å². The van der Waals surface area contributed by atoms with Gasteiger partial charge in [0.05, 0.1) is 17.4 Å². The SMILES string of the molecule is COc1ccccc1-c1c(C2CCCCC2)c2ccc(C)cc2n1CCNC(=O)OC(C)(C)C.Cc1ccc2c(C3CCCCC3)c(Br)n(CCCC(=O)OC(C)(C)C)c2c1.O=C=O.O=C=O.O=Cc1ccccc1B(O)O. The summed E-state index contributed by atoms with van der Waals surface area (Å²) in [6, 6.07) is 28.2. The fourth-order valence-corrected chi connectivity index (χ4v) is 11.2. The number of hydrogen-bond acceptors (Lipinski definition) is 12. The first-order chi connectivity index (χ1) is 37.1. The quantitative estimate of drug-likeness (QED) is 0.0560. The van der Waals surface area contributed by atoms with Crippen LogP contribution < -0.4 is 15.5 Å². The molecule has 418 valence electrons. The predicted molar refractivity (Wildman–Crippen MR) is 306 cm³/mol. The largest absolute Gasteiger partial charge is 0.496 e. The maximum Gasteiger partial charge on any atom is 0.489 e. The van der Waals surface area contributed by atoms with Gasteiger partial charge in [-0.1, -0.05) is 99.2 Å². The zero-order valence-electron chi connectivity index (χ0n) is 46.7. The maximum atomic E-state index is 12.3. The minimum atomic E-state index is -1.57. The summed E-state index contributed by atoms with van der Waals surface area (Å²) in [5.74, 6) is 1.93. The first-order valence-corrected chi connectivity index (χ1v) is 27.5. The Kier molecular flexibility index (Phi) is 25.5. The summed E-state index contributed by atoms with van der Waals surface area (Å²) >= 11 is 3.92. The molecule has 0 radical (unpaired) electrons. The van der Waals surface area contributed by atoms with Crippen LogP contribution in [-0.4, -0.2) is 81.8 Å². The van der Waals surface area contributed by atoms with Crippen LogP contribution in [0.3, 0.4) is 0 Å². The van der Waals surface area contributed by atoms with Gasteiger partial charge in [-0.05, 0) is 167 Å². The number of carbonyl (C=O) groups is 3. The van der Waals surface area contributed by atoms with Gasteiger partial charge in [0, 0.05) is 59.0 Å². The number of amides is 1. The lowest BCUT2D eigenvalue weighted by Crippen LogP contribution is -2.34. The lowest BCUT2D eigenvalue weighted by atomic mass is 9.77. The molecule has 2 aliphatic rings. The molecule has 78 heavy (non-hydrogen) atoms. The molecule has 0 saturated heterocycles. The molecule has 0 unspecified atom stereocenters. The number of para-hydroxylation sites is 1. The summed E-state index contributed by atoms with van der Waals surface area (Å²) in [4.78, 5) is 67.2. The Labute approximate surface area is 467 Å². The van der Waals surface area contributed by atoms with Crippen LogP contribution in [-0.2, 0) is 46.5 Å². The number of rotatable bonds is 13. The fourth-order valence-electron chi connectivity index (χ4n) is 10.3. The number of nitrogens with zero attached hydrogens (tertiary/aromatic N) is 2. The second kappa shape index (κ2) is 31.1. The summed E-state index contributed by atoms with van der Waals surface area (Å²) in [6.07, 6.45) is 14.8. The van der Waals surface area contributed by atoms with Gasteiger partial charge in [-0.2, -0.15) is 19.2 Å². The van der Waals surface area contributed by atoms with Gasteiger partial charge < -0.3 is 38.7 Å². The fraction of sp³-hybridized carbons (Fsp3) is 0.459. The smallest absolute Gasteiger partial charge is 0.489 e. The van der Waals surface area contributed by atoms with E-state index in [2.05, 4.69) is 92.8 Å². The van der Waals surface area contributed by atoms with Crippen LogP contribution in [0.1, 0.15) is 163 Å². The van der Waals surface area contributed by atoms with Crippen molar-refractivity contribution in [1.29, 1.82) is 0 Å². The van der Waals surface area contributed by atoms with Crippen molar-refractivity contribution in [2.75, 3.05) is 13.7 Å². The van der Waals surface area contributed by atoms with Crippen LogP contribution in [0.4, 0.5) is 4.79 Å². The molecule has 0 aliphatic heterocycles. The molecule has 2 saturated carbocycles. The maximum absolute atomic E-state index is 12.3. The lowest BCUT2D eigenvalue weighted by molar-refractivity contribution is -0.193. The van der Waals surface area contributed by atoms with E-state index in [9.17, 15) is 14.4 Å². The first-order valence-electron chi connectivity index (χ1n) is 26.7. The number of esters is 1. The Morgan fingerprint density at radius 3 is 1.72 bits per heavy atom. The summed E-state index contributed by atoms with van der Waals surface area (Å²) in [5, 5.41) is 23.1. The van der Waals surface area contributed by atoms with E-state index in [1.54, 1.807) is 19.2 Å². The zero-order chi connectivity index (χ0) is 57.6. The minimum Gasteiger partial charge on any atom is -0.496 e. The molecular weight excluding hydrogens is 1060 g/mol. The van der Waals surface area contributed by atoms with E-state index in [1.807, 2.05) is 53.7 Å². The normalized spacial score (nSPS) is 13.5. The van der Waals surface area contributed by atoms with Gasteiger partial charge in [-0.3, -0.25) is 9.59 Å². The van der Waals surface area contributed by atoms with Crippen molar-refractivity contribution in [3.05, 3.63) is 117 Å². The number of ether oxygens (including phenoxy) is 3. The van der Waals surface area contributed by atoms with Gasteiger partial charge in [0.25, 0.3) is 0 Å². The molecule has 8 rings (SSSR count). The highest BCUT2D eigenvalue weighted by molar-refractivity contribution is 9.10. The monoisotopic (exact) mass is 1130 g/mol. The first kappa shape index (κ1) is 63.9. The van der Waals surface area contributed by atoms with Crippen LogP contribution >= 0.6 is 15.9 Å². The van der Waals surface area contributed by atoms with E-state index in [4.69, 9.17) is 43.4 Å². The summed E-state index contributed by atoms with van der Waals surface area (Å²) < 4.78 is 22.7. The number of nitrogens with one attached hydrogen (secondary N) is 1. The molecule has 2 aliphatic carbocycles. The standard InChI is InChI=1S/C29H38N2O3.C23H32BrNO2.C7H7BO3.2CO2/c1-20-15-16-22-24(19-20)31(18-17-30-28(32)34-29(2,3)4)27(23-13-9-10-14-25(23)33-5)26(22)21-11-7-6-8-12-21;1-16-12-13-18-19(15-16)25(14-8-11-20(26)27-23(2,3)4)22(24)21(18)17-9-6-5-7-10-17;9-5-6-3-1-2-4-7(6)8(10)11;2*2-1-3/h9-10,13-16,19,21H,6-8,11-12,17-18H2,1-5H3,(H,30,32);12-13,15,17H,5-11,14H2,1-4H3;1-5,10-11H;;. The number of aldehydes is 1. The Morgan fingerprint density at radius 2 is 1.21 bits per heavy atom. The second-order valence-corrected chi connectivity index (χ2v) is 22.3. The molecular formula is C61H77BBrN3O12. The Bertz CT molecular complexity index is 2970. The van der Waals surface area contributed by atoms with E-state index >= 15 is 0 Å². The number of aromatic nitrogens is 2. The zero-order valence-corrected chi connectivity index (χ0v) is 48.3. The highest BCUT2D eigenvalue weighted by Crippen LogP contribution is 2.47.